The molecule has 2 aromatic rings. The van der Waals surface area contributed by atoms with Gasteiger partial charge in [-0.05, 0) is 60.2 Å². The molecule has 0 aromatic heterocycles. The van der Waals surface area contributed by atoms with E-state index in [1.807, 2.05) is 11.8 Å². The summed E-state index contributed by atoms with van der Waals surface area (Å²) in [5.74, 6) is 2.92. The average Bonchev–Trinajstić information content (AvgIpc) is 2.86. The Labute approximate surface area is 251 Å². The van der Waals surface area contributed by atoms with Crippen LogP contribution in [0.15, 0.2) is 24.3 Å². The van der Waals surface area contributed by atoms with Crippen LogP contribution < -0.4 is 0 Å². The molecule has 0 unspecified atom stereocenters. The Morgan fingerprint density at radius 2 is 1.00 bits per heavy atom. The van der Waals surface area contributed by atoms with E-state index in [9.17, 15) is 10.2 Å². The van der Waals surface area contributed by atoms with Gasteiger partial charge in [0, 0.05) is 17.0 Å². The molecule has 0 saturated heterocycles. The minimum atomic E-state index is -0.162. The second-order valence-electron chi connectivity index (χ2n) is 14.1. The van der Waals surface area contributed by atoms with Gasteiger partial charge in [-0.15, -0.1) is 0 Å². The summed E-state index contributed by atoms with van der Waals surface area (Å²) in [6, 6.07) is 8.51. The molecule has 0 fully saturated rings. The molecule has 0 aliphatic carbocycles. The Morgan fingerprint density at radius 3 is 1.40 bits per heavy atom. The van der Waals surface area contributed by atoms with Crippen molar-refractivity contribution in [3.05, 3.63) is 57.6 Å². The summed E-state index contributed by atoms with van der Waals surface area (Å²) in [5.41, 5.74) is 5.85. The third kappa shape index (κ3) is 10.7. The highest BCUT2D eigenvalue weighted by atomic mass is 32.2. The standard InChI is InChI=1S/C37H60O2S/c1-10-11-12-13-14-15-16-17-18-19-21-40-22-20-29(30-23-27(2)25-32(34(30)38)36(4,5)6)31-24-28(3)26-33(35(31)39)37(7,8)9/h23-26,29,38-39H,10-22H2,1-9H3. The summed E-state index contributed by atoms with van der Waals surface area (Å²) in [4.78, 5) is 0. The lowest BCUT2D eigenvalue weighted by Gasteiger charge is -2.29. The normalized spacial score (nSPS) is 12.4. The maximum absolute atomic E-state index is 11.6. The third-order valence-electron chi connectivity index (χ3n) is 8.13. The summed E-state index contributed by atoms with van der Waals surface area (Å²) < 4.78 is 0. The Kier molecular flexibility index (Phi) is 14.0. The number of aromatic hydroxyl groups is 2. The largest absolute Gasteiger partial charge is 0.507 e. The van der Waals surface area contributed by atoms with Gasteiger partial charge in [-0.25, -0.2) is 0 Å². The van der Waals surface area contributed by atoms with Gasteiger partial charge < -0.3 is 10.2 Å². The Hall–Kier alpha value is -1.61. The van der Waals surface area contributed by atoms with Crippen molar-refractivity contribution >= 4 is 11.8 Å². The van der Waals surface area contributed by atoms with Crippen molar-refractivity contribution in [2.75, 3.05) is 11.5 Å². The molecule has 226 valence electrons. The maximum Gasteiger partial charge on any atom is 0.123 e. The number of hydrogen-bond acceptors (Lipinski definition) is 3. The van der Waals surface area contributed by atoms with Gasteiger partial charge in [-0.2, -0.15) is 11.8 Å². The van der Waals surface area contributed by atoms with Crippen LogP contribution >= 0.6 is 11.8 Å². The van der Waals surface area contributed by atoms with Gasteiger partial charge in [-0.1, -0.05) is 142 Å². The minimum absolute atomic E-state index is 0.0535. The molecule has 0 atom stereocenters. The summed E-state index contributed by atoms with van der Waals surface area (Å²) in [6.07, 6.45) is 14.6. The van der Waals surface area contributed by atoms with Gasteiger partial charge in [-0.3, -0.25) is 0 Å². The van der Waals surface area contributed by atoms with Gasteiger partial charge in [0.05, 0.1) is 0 Å². The third-order valence-corrected chi connectivity index (χ3v) is 9.23. The predicted molar refractivity (Wildman–Crippen MR) is 179 cm³/mol. The molecule has 0 spiro atoms. The predicted octanol–water partition coefficient (Wildman–Crippen LogP) is 11.5. The number of aryl methyl sites for hydroxylation is 2. The van der Waals surface area contributed by atoms with Crippen molar-refractivity contribution in [1.82, 2.24) is 0 Å². The molecule has 0 aliphatic rings. The molecule has 0 bridgehead atoms. The maximum atomic E-state index is 11.6. The zero-order valence-electron chi connectivity index (χ0n) is 27.4. The SMILES string of the molecule is CCCCCCCCCCCCSCCC(c1cc(C)cc(C(C)(C)C)c1O)c1cc(C)cc(C(C)(C)C)c1O. The van der Waals surface area contributed by atoms with Crippen molar-refractivity contribution in [3.63, 3.8) is 0 Å². The molecule has 0 aliphatic heterocycles. The first-order valence-corrected chi connectivity index (χ1v) is 17.2. The Bertz CT molecular complexity index is 972. The lowest BCUT2D eigenvalue weighted by Crippen LogP contribution is -2.16. The average molecular weight is 569 g/mol. The van der Waals surface area contributed by atoms with Crippen molar-refractivity contribution in [3.8, 4) is 11.5 Å². The van der Waals surface area contributed by atoms with Crippen LogP contribution in [0.2, 0.25) is 0 Å². The molecule has 2 nitrogen and oxygen atoms in total. The summed E-state index contributed by atoms with van der Waals surface area (Å²) in [5, 5.41) is 23.2. The van der Waals surface area contributed by atoms with Gasteiger partial charge in [0.25, 0.3) is 0 Å². The van der Waals surface area contributed by atoms with E-state index >= 15 is 0 Å². The number of hydrogen-bond donors (Lipinski definition) is 2. The highest BCUT2D eigenvalue weighted by molar-refractivity contribution is 7.99. The van der Waals surface area contributed by atoms with Crippen LogP contribution in [0.5, 0.6) is 11.5 Å². The number of rotatable bonds is 16. The van der Waals surface area contributed by atoms with Gasteiger partial charge in [0.1, 0.15) is 11.5 Å². The molecule has 0 heterocycles. The molecule has 2 N–H and O–H groups in total. The molecule has 3 heteroatoms. The first kappa shape index (κ1) is 34.6. The summed E-state index contributed by atoms with van der Waals surface area (Å²) >= 11 is 2.02. The van der Waals surface area contributed by atoms with E-state index in [2.05, 4.69) is 86.6 Å². The molecular weight excluding hydrogens is 508 g/mol. The fourth-order valence-electron chi connectivity index (χ4n) is 5.76. The Balaban J connectivity index is 2.15. The van der Waals surface area contributed by atoms with E-state index in [1.54, 1.807) is 0 Å². The number of unbranched alkanes of at least 4 members (excludes halogenated alkanes) is 9. The van der Waals surface area contributed by atoms with E-state index in [0.29, 0.717) is 11.5 Å². The van der Waals surface area contributed by atoms with Crippen molar-refractivity contribution in [2.45, 2.75) is 150 Å². The lowest BCUT2D eigenvalue weighted by molar-refractivity contribution is 0.427. The number of phenolic OH excluding ortho intramolecular Hbond substituents is 2. The fourth-order valence-corrected chi connectivity index (χ4v) is 6.78. The number of benzene rings is 2. The molecular formula is C37H60O2S. The zero-order chi connectivity index (χ0) is 29.9. The first-order valence-electron chi connectivity index (χ1n) is 16.0. The number of thioether (sulfide) groups is 1. The van der Waals surface area contributed by atoms with Gasteiger partial charge in [0.15, 0.2) is 0 Å². The number of phenols is 2. The summed E-state index contributed by atoms with van der Waals surface area (Å²) in [6.45, 7) is 19.5. The van der Waals surface area contributed by atoms with Crippen LogP contribution in [-0.4, -0.2) is 21.7 Å². The monoisotopic (exact) mass is 568 g/mol. The second kappa shape index (κ2) is 16.1. The molecule has 2 rings (SSSR count). The van der Waals surface area contributed by atoms with E-state index < -0.39 is 0 Å². The smallest absolute Gasteiger partial charge is 0.123 e. The van der Waals surface area contributed by atoms with E-state index in [0.717, 1.165) is 45.6 Å². The lowest BCUT2D eigenvalue weighted by atomic mass is 9.77. The van der Waals surface area contributed by atoms with E-state index in [1.165, 1.54) is 70.0 Å². The van der Waals surface area contributed by atoms with E-state index in [-0.39, 0.29) is 16.7 Å². The molecule has 0 radical (unpaired) electrons. The van der Waals surface area contributed by atoms with Gasteiger partial charge in [0.2, 0.25) is 0 Å². The van der Waals surface area contributed by atoms with Crippen molar-refractivity contribution < 1.29 is 10.2 Å². The topological polar surface area (TPSA) is 40.5 Å². The highest BCUT2D eigenvalue weighted by Crippen LogP contribution is 2.46. The molecule has 0 amide bonds. The molecule has 40 heavy (non-hydrogen) atoms. The van der Waals surface area contributed by atoms with Crippen molar-refractivity contribution in [1.29, 1.82) is 0 Å². The quantitative estimate of drug-likeness (QED) is 0.198. The highest BCUT2D eigenvalue weighted by Gasteiger charge is 2.29. The van der Waals surface area contributed by atoms with E-state index in [4.69, 9.17) is 0 Å². The molecule has 2 aromatic carbocycles. The van der Waals surface area contributed by atoms with Crippen LogP contribution in [0.3, 0.4) is 0 Å². The summed E-state index contributed by atoms with van der Waals surface area (Å²) in [7, 11) is 0. The zero-order valence-corrected chi connectivity index (χ0v) is 28.2. The van der Waals surface area contributed by atoms with Gasteiger partial charge >= 0.3 is 0 Å². The van der Waals surface area contributed by atoms with Crippen LogP contribution in [0.4, 0.5) is 0 Å². The van der Waals surface area contributed by atoms with Crippen LogP contribution in [0.1, 0.15) is 158 Å². The second-order valence-corrected chi connectivity index (χ2v) is 15.4. The Morgan fingerprint density at radius 1 is 0.600 bits per heavy atom. The molecule has 0 saturated carbocycles. The van der Waals surface area contributed by atoms with Crippen LogP contribution in [-0.2, 0) is 10.8 Å². The van der Waals surface area contributed by atoms with Crippen LogP contribution in [0, 0.1) is 13.8 Å². The fraction of sp³-hybridized carbons (Fsp3) is 0.676. The minimum Gasteiger partial charge on any atom is -0.507 e. The van der Waals surface area contributed by atoms with Crippen molar-refractivity contribution in [2.24, 2.45) is 0 Å². The van der Waals surface area contributed by atoms with Crippen LogP contribution in [0.25, 0.3) is 0 Å². The first-order chi connectivity index (χ1) is 18.8.